The highest BCUT2D eigenvalue weighted by molar-refractivity contribution is 7.65. The summed E-state index contributed by atoms with van der Waals surface area (Å²) in [4.78, 5) is 0. The summed E-state index contributed by atoms with van der Waals surface area (Å²) >= 11 is 35.0. The van der Waals surface area contributed by atoms with Gasteiger partial charge in [-0.1, -0.05) is 32.1 Å². The van der Waals surface area contributed by atoms with Crippen molar-refractivity contribution in [1.82, 2.24) is 0 Å². The summed E-state index contributed by atoms with van der Waals surface area (Å²) in [5.41, 5.74) is 0. The fourth-order valence-corrected chi connectivity index (χ4v) is 6.43. The highest BCUT2D eigenvalue weighted by atomic mass is 35.8. The van der Waals surface area contributed by atoms with E-state index in [2.05, 4.69) is 0 Å². The summed E-state index contributed by atoms with van der Waals surface area (Å²) in [7, 11) is 0. The van der Waals surface area contributed by atoms with E-state index < -0.39 is 12.0 Å². The van der Waals surface area contributed by atoms with Gasteiger partial charge in [0.1, 0.15) is 0 Å². The fraction of sp³-hybridized carbons (Fsp3) is 1.00. The van der Waals surface area contributed by atoms with Gasteiger partial charge in [-0.15, -0.1) is 66.5 Å². The van der Waals surface area contributed by atoms with Crippen molar-refractivity contribution in [2.75, 3.05) is 39.6 Å². The van der Waals surface area contributed by atoms with Crippen molar-refractivity contribution in [3.63, 3.8) is 0 Å². The Bertz CT molecular complexity index is 351. The standard InChI is InChI=1S/C20H40Cl6O3Si2/c21-30(22,23)19-11-17-28-14-8-5-3-1-2-4-7-13-27-15-9-6-10-16-29-18-12-20-31(24,25)26/h1-20H2. The largest absolute Gasteiger partial charge is 0.381 e. The van der Waals surface area contributed by atoms with Crippen molar-refractivity contribution in [3.05, 3.63) is 0 Å². The van der Waals surface area contributed by atoms with Crippen LogP contribution in [0.1, 0.15) is 77.0 Å². The van der Waals surface area contributed by atoms with Gasteiger partial charge in [-0.25, -0.2) is 0 Å². The van der Waals surface area contributed by atoms with E-state index in [9.17, 15) is 0 Å². The first-order valence-electron chi connectivity index (χ1n) is 11.6. The average molecular weight is 597 g/mol. The third-order valence-corrected chi connectivity index (χ3v) is 9.90. The van der Waals surface area contributed by atoms with Gasteiger partial charge in [0.05, 0.1) is 0 Å². The Labute approximate surface area is 220 Å². The van der Waals surface area contributed by atoms with E-state index in [1.165, 1.54) is 32.1 Å². The number of unbranched alkanes of at least 4 members (excludes halogenated alkanes) is 8. The fourth-order valence-electron chi connectivity index (χ4n) is 2.93. The lowest BCUT2D eigenvalue weighted by molar-refractivity contribution is 0.113. The zero-order valence-corrected chi connectivity index (χ0v) is 25.2. The Morgan fingerprint density at radius 3 is 0.839 bits per heavy atom. The van der Waals surface area contributed by atoms with E-state index in [0.29, 0.717) is 25.3 Å². The molecule has 0 aliphatic rings. The molecule has 0 aromatic heterocycles. The zero-order valence-electron chi connectivity index (χ0n) is 18.6. The molecule has 188 valence electrons. The second-order valence-electron chi connectivity index (χ2n) is 7.81. The molecule has 0 saturated heterocycles. The van der Waals surface area contributed by atoms with E-state index in [4.69, 9.17) is 80.7 Å². The second kappa shape index (κ2) is 22.5. The van der Waals surface area contributed by atoms with Crippen LogP contribution in [0.15, 0.2) is 0 Å². The molecule has 0 unspecified atom stereocenters. The number of ether oxygens (including phenoxy) is 3. The van der Waals surface area contributed by atoms with Gasteiger partial charge >= 0.3 is 12.0 Å². The van der Waals surface area contributed by atoms with Crippen LogP contribution in [0.25, 0.3) is 0 Å². The lowest BCUT2D eigenvalue weighted by Crippen LogP contribution is -2.10. The Hall–Kier alpha value is 2.05. The van der Waals surface area contributed by atoms with Crippen molar-refractivity contribution < 1.29 is 14.2 Å². The molecule has 0 aliphatic carbocycles. The molecule has 0 N–H and O–H groups in total. The first kappa shape index (κ1) is 33.1. The molecule has 0 rings (SSSR count). The molecule has 0 heterocycles. The Kier molecular flexibility index (Phi) is 24.0. The van der Waals surface area contributed by atoms with Crippen LogP contribution in [0.4, 0.5) is 0 Å². The van der Waals surface area contributed by atoms with E-state index in [1.54, 1.807) is 0 Å². The molecule has 0 aromatic rings. The summed E-state index contributed by atoms with van der Waals surface area (Å²) in [6, 6.07) is -3.58. The molecule has 0 spiro atoms. The van der Waals surface area contributed by atoms with Crippen molar-refractivity contribution in [1.29, 1.82) is 0 Å². The van der Waals surface area contributed by atoms with Gasteiger partial charge in [-0.2, -0.15) is 0 Å². The van der Waals surface area contributed by atoms with Crippen molar-refractivity contribution in [2.24, 2.45) is 0 Å². The van der Waals surface area contributed by atoms with Gasteiger partial charge < -0.3 is 14.2 Å². The third-order valence-electron chi connectivity index (χ3n) is 4.65. The highest BCUT2D eigenvalue weighted by Gasteiger charge is 2.24. The predicted molar refractivity (Wildman–Crippen MR) is 144 cm³/mol. The molecule has 31 heavy (non-hydrogen) atoms. The minimum atomic E-state index is -2.47. The molecule has 0 aliphatic heterocycles. The summed E-state index contributed by atoms with van der Waals surface area (Å²) < 4.78 is 16.8. The molecule has 0 radical (unpaired) electrons. The number of hydrogen-bond donors (Lipinski definition) is 0. The van der Waals surface area contributed by atoms with Crippen LogP contribution in [0.3, 0.4) is 0 Å². The lowest BCUT2D eigenvalue weighted by atomic mass is 10.1. The molecular weight excluding hydrogens is 557 g/mol. The summed E-state index contributed by atoms with van der Waals surface area (Å²) in [6.45, 7) is 4.72. The molecule has 0 fully saturated rings. The highest BCUT2D eigenvalue weighted by Crippen LogP contribution is 2.26. The molecule has 3 nitrogen and oxygen atoms in total. The van der Waals surface area contributed by atoms with Gasteiger partial charge in [-0.05, 0) is 57.0 Å². The smallest absolute Gasteiger partial charge is 0.341 e. The van der Waals surface area contributed by atoms with E-state index in [0.717, 1.165) is 71.4 Å². The van der Waals surface area contributed by atoms with Crippen LogP contribution in [0.2, 0.25) is 12.1 Å². The van der Waals surface area contributed by atoms with Crippen LogP contribution in [-0.2, 0) is 14.2 Å². The Balaban J connectivity index is 3.07. The summed E-state index contributed by atoms with van der Waals surface area (Å²) in [5.74, 6) is 0. The molecule has 0 bridgehead atoms. The third kappa shape index (κ3) is 32.1. The quantitative estimate of drug-likeness (QED) is 0.0632. The van der Waals surface area contributed by atoms with Crippen LogP contribution in [0.5, 0.6) is 0 Å². The van der Waals surface area contributed by atoms with E-state index in [-0.39, 0.29) is 0 Å². The monoisotopic (exact) mass is 594 g/mol. The first-order valence-corrected chi connectivity index (χ1v) is 22.1. The number of rotatable bonds is 24. The van der Waals surface area contributed by atoms with Gasteiger partial charge in [0.2, 0.25) is 0 Å². The predicted octanol–water partition coefficient (Wildman–Crippen LogP) is 9.03. The van der Waals surface area contributed by atoms with Crippen molar-refractivity contribution in [2.45, 2.75) is 89.1 Å². The molecule has 0 atom stereocenters. The maximum atomic E-state index is 5.83. The van der Waals surface area contributed by atoms with Crippen molar-refractivity contribution in [3.8, 4) is 0 Å². The lowest BCUT2D eigenvalue weighted by Gasteiger charge is -2.08. The molecule has 0 amide bonds. The second-order valence-corrected chi connectivity index (χ2v) is 26.4. The maximum Gasteiger partial charge on any atom is 0.341 e. The molecule has 0 aromatic carbocycles. The number of halogens is 6. The summed E-state index contributed by atoms with van der Waals surface area (Å²) in [6.07, 6.45) is 13.6. The molecule has 11 heteroatoms. The topological polar surface area (TPSA) is 27.7 Å². The zero-order chi connectivity index (χ0) is 23.3. The maximum absolute atomic E-state index is 5.83. The van der Waals surface area contributed by atoms with E-state index in [1.807, 2.05) is 0 Å². The molecular formula is C20H40Cl6O3Si2. The Morgan fingerprint density at radius 1 is 0.323 bits per heavy atom. The van der Waals surface area contributed by atoms with Gasteiger partial charge in [0.15, 0.2) is 0 Å². The summed E-state index contributed by atoms with van der Waals surface area (Å²) in [5, 5.41) is 0. The van der Waals surface area contributed by atoms with Crippen LogP contribution in [0, 0.1) is 0 Å². The van der Waals surface area contributed by atoms with Gasteiger partial charge in [0, 0.05) is 39.6 Å². The normalized spacial score (nSPS) is 12.6. The van der Waals surface area contributed by atoms with E-state index >= 15 is 0 Å². The first-order chi connectivity index (χ1) is 14.7. The van der Waals surface area contributed by atoms with Gasteiger partial charge in [-0.3, -0.25) is 0 Å². The average Bonchev–Trinajstić information content (AvgIpc) is 2.67. The molecule has 0 saturated carbocycles. The van der Waals surface area contributed by atoms with Crippen LogP contribution in [-0.4, -0.2) is 51.6 Å². The minimum Gasteiger partial charge on any atom is -0.381 e. The van der Waals surface area contributed by atoms with Crippen molar-refractivity contribution >= 4 is 78.5 Å². The van der Waals surface area contributed by atoms with Crippen LogP contribution < -0.4 is 0 Å². The SMILES string of the molecule is Cl[Si](Cl)(Cl)CCCOCCCCCCCCCOCCCCCOCCC[Si](Cl)(Cl)Cl. The Morgan fingerprint density at radius 2 is 0.548 bits per heavy atom. The van der Waals surface area contributed by atoms with Gasteiger partial charge in [0.25, 0.3) is 0 Å². The minimum absolute atomic E-state index is 0.670. The number of hydrogen-bond acceptors (Lipinski definition) is 3. The van der Waals surface area contributed by atoms with Crippen LogP contribution >= 0.6 is 66.5 Å².